The van der Waals surface area contributed by atoms with Crippen LogP contribution in [0.2, 0.25) is 0 Å². The number of imide groups is 2. The lowest BCUT2D eigenvalue weighted by atomic mass is 9.83. The average Bonchev–Trinajstić information content (AvgIpc) is 2.93. The molecule has 0 atom stereocenters. The second-order valence-electron chi connectivity index (χ2n) is 10.6. The molecule has 10 nitrogen and oxygen atoms in total. The van der Waals surface area contributed by atoms with Crippen molar-refractivity contribution >= 4 is 59.2 Å². The fourth-order valence-electron chi connectivity index (χ4n) is 5.10. The van der Waals surface area contributed by atoms with Crippen molar-refractivity contribution in [1.29, 1.82) is 0 Å². The smallest absolute Gasteiger partial charge is 0.262 e. The van der Waals surface area contributed by atoms with E-state index in [-0.39, 0.29) is 83.5 Å². The van der Waals surface area contributed by atoms with E-state index in [2.05, 4.69) is 11.8 Å². The SMILES string of the molecule is CN(C)CCN1C(=O)c2ccc3c4c(c(C#Cc5ccc(O)c(CO)c5)cc(c24)C1=O)C(=O)N(CCN(C)C)C3=O.Cl.Cl. The van der Waals surface area contributed by atoms with Crippen molar-refractivity contribution in [3.8, 4) is 17.6 Å². The van der Waals surface area contributed by atoms with Gasteiger partial charge in [0.25, 0.3) is 23.6 Å². The van der Waals surface area contributed by atoms with Crippen LogP contribution in [-0.4, -0.2) is 108 Å². The highest BCUT2D eigenvalue weighted by atomic mass is 35.5. The third-order valence-corrected chi connectivity index (χ3v) is 7.30. The molecule has 12 heteroatoms. The number of likely N-dealkylation sites (N-methyl/N-ethyl adjacent to an activating group) is 2. The standard InChI is InChI=1S/C31H30N4O6.2ClH/c1-32(2)11-13-34-28(38)21-8-9-22-27-25(31(41)35(29(22)39)14-12-33(3)4)19(16-23(26(21)27)30(34)40)7-5-18-6-10-24(37)20(15-18)17-36;;/h6,8-10,15-16,36-37H,11-14,17H2,1-4H3;2*1H. The Kier molecular flexibility index (Phi) is 10.2. The zero-order chi connectivity index (χ0) is 29.6. The van der Waals surface area contributed by atoms with Crippen molar-refractivity contribution in [2.45, 2.75) is 6.61 Å². The quantitative estimate of drug-likeness (QED) is 0.303. The molecule has 0 saturated carbocycles. The molecule has 226 valence electrons. The van der Waals surface area contributed by atoms with Crippen LogP contribution in [0.25, 0.3) is 10.8 Å². The number of carbonyl (C=O) groups is 4. The lowest BCUT2D eigenvalue weighted by molar-refractivity contribution is 0.0579. The van der Waals surface area contributed by atoms with Crippen molar-refractivity contribution in [3.63, 3.8) is 0 Å². The minimum Gasteiger partial charge on any atom is -0.508 e. The van der Waals surface area contributed by atoms with Gasteiger partial charge in [-0.05, 0) is 64.6 Å². The summed E-state index contributed by atoms with van der Waals surface area (Å²) in [7, 11) is 7.37. The van der Waals surface area contributed by atoms with Crippen LogP contribution in [0.3, 0.4) is 0 Å². The third kappa shape index (κ3) is 5.95. The first kappa shape index (κ1) is 33.5. The molecule has 3 aromatic rings. The maximum atomic E-state index is 13.9. The number of aromatic hydroxyl groups is 1. The van der Waals surface area contributed by atoms with Gasteiger partial charge in [0.15, 0.2) is 0 Å². The molecule has 3 aromatic carbocycles. The summed E-state index contributed by atoms with van der Waals surface area (Å²) < 4.78 is 0. The van der Waals surface area contributed by atoms with Gasteiger partial charge < -0.3 is 20.0 Å². The number of phenols is 1. The van der Waals surface area contributed by atoms with Crippen molar-refractivity contribution in [2.75, 3.05) is 54.4 Å². The summed E-state index contributed by atoms with van der Waals surface area (Å²) >= 11 is 0. The van der Waals surface area contributed by atoms with E-state index >= 15 is 0 Å². The maximum Gasteiger partial charge on any atom is 0.262 e. The number of benzene rings is 3. The molecule has 0 aromatic heterocycles. The van der Waals surface area contributed by atoms with Crippen LogP contribution in [-0.2, 0) is 6.61 Å². The van der Waals surface area contributed by atoms with Crippen LogP contribution in [0.4, 0.5) is 0 Å². The van der Waals surface area contributed by atoms with Gasteiger partial charge in [0.05, 0.1) is 12.2 Å². The van der Waals surface area contributed by atoms with Crippen LogP contribution >= 0.6 is 24.8 Å². The second kappa shape index (κ2) is 13.1. The highest BCUT2D eigenvalue weighted by molar-refractivity contribution is 6.34. The van der Waals surface area contributed by atoms with Gasteiger partial charge in [0.2, 0.25) is 0 Å². The summed E-state index contributed by atoms with van der Waals surface area (Å²) in [6, 6.07) is 9.15. The lowest BCUT2D eigenvalue weighted by Gasteiger charge is -2.33. The molecular weight excluding hydrogens is 595 g/mol. The van der Waals surface area contributed by atoms with Gasteiger partial charge >= 0.3 is 0 Å². The summed E-state index contributed by atoms with van der Waals surface area (Å²) in [5.74, 6) is 3.87. The number of rotatable bonds is 7. The van der Waals surface area contributed by atoms with E-state index in [1.165, 1.54) is 28.0 Å². The Hall–Kier alpha value is -3.98. The molecular formula is C31H32Cl2N4O6. The number of aliphatic hydroxyl groups excluding tert-OH is 1. The van der Waals surface area contributed by atoms with Crippen LogP contribution in [0.15, 0.2) is 36.4 Å². The molecule has 5 rings (SSSR count). The number of amides is 4. The molecule has 43 heavy (non-hydrogen) atoms. The molecule has 0 aliphatic carbocycles. The van der Waals surface area contributed by atoms with Gasteiger partial charge in [0.1, 0.15) is 5.75 Å². The van der Waals surface area contributed by atoms with Crippen molar-refractivity contribution in [2.24, 2.45) is 0 Å². The molecule has 0 saturated heterocycles. The van der Waals surface area contributed by atoms with E-state index in [0.29, 0.717) is 29.6 Å². The fraction of sp³-hybridized carbons (Fsp3) is 0.290. The molecule has 2 N–H and O–H groups in total. The van der Waals surface area contributed by atoms with Gasteiger partial charge in [-0.25, -0.2) is 0 Å². The Morgan fingerprint density at radius 2 is 1.23 bits per heavy atom. The van der Waals surface area contributed by atoms with E-state index < -0.39 is 23.6 Å². The molecule has 2 aliphatic heterocycles. The third-order valence-electron chi connectivity index (χ3n) is 7.30. The number of carbonyl (C=O) groups excluding carboxylic acids is 4. The largest absolute Gasteiger partial charge is 0.508 e. The lowest BCUT2D eigenvalue weighted by Crippen LogP contribution is -2.46. The Morgan fingerprint density at radius 3 is 1.79 bits per heavy atom. The molecule has 2 heterocycles. The molecule has 0 unspecified atom stereocenters. The number of hydrogen-bond donors (Lipinski definition) is 2. The minimum atomic E-state index is -0.547. The van der Waals surface area contributed by atoms with Gasteiger partial charge in [-0.2, -0.15) is 0 Å². The first-order valence-electron chi connectivity index (χ1n) is 13.1. The minimum absolute atomic E-state index is 0. The van der Waals surface area contributed by atoms with Gasteiger partial charge in [0, 0.05) is 70.3 Å². The summed E-state index contributed by atoms with van der Waals surface area (Å²) in [5, 5.41) is 20.0. The van der Waals surface area contributed by atoms with E-state index in [0.717, 1.165) is 0 Å². The normalized spacial score (nSPS) is 13.7. The summed E-state index contributed by atoms with van der Waals surface area (Å²) in [6.45, 7) is 0.846. The van der Waals surface area contributed by atoms with E-state index in [1.807, 2.05) is 38.0 Å². The molecule has 2 aliphatic rings. The van der Waals surface area contributed by atoms with Crippen LogP contribution < -0.4 is 0 Å². The van der Waals surface area contributed by atoms with Crippen LogP contribution in [0.5, 0.6) is 5.75 Å². The van der Waals surface area contributed by atoms with E-state index in [1.54, 1.807) is 18.2 Å². The Morgan fingerprint density at radius 1 is 0.698 bits per heavy atom. The molecule has 0 radical (unpaired) electrons. The van der Waals surface area contributed by atoms with Crippen LogP contribution in [0, 0.1) is 11.8 Å². The van der Waals surface area contributed by atoms with Crippen LogP contribution in [0.1, 0.15) is 58.1 Å². The average molecular weight is 628 g/mol. The molecule has 0 fully saturated rings. The maximum absolute atomic E-state index is 13.9. The van der Waals surface area contributed by atoms with E-state index in [4.69, 9.17) is 0 Å². The highest BCUT2D eigenvalue weighted by Crippen LogP contribution is 2.39. The summed E-state index contributed by atoms with van der Waals surface area (Å²) in [4.78, 5) is 60.7. The Labute approximate surface area is 261 Å². The first-order chi connectivity index (χ1) is 19.5. The second-order valence-corrected chi connectivity index (χ2v) is 10.6. The zero-order valence-corrected chi connectivity index (χ0v) is 25.8. The topological polar surface area (TPSA) is 122 Å². The number of aliphatic hydroxyl groups is 1. The number of nitrogens with zero attached hydrogens (tertiary/aromatic N) is 4. The summed E-state index contributed by atoms with van der Waals surface area (Å²) in [6.07, 6.45) is 0. The molecule has 0 bridgehead atoms. The van der Waals surface area contributed by atoms with Crippen molar-refractivity contribution < 1.29 is 29.4 Å². The fourth-order valence-corrected chi connectivity index (χ4v) is 5.10. The number of hydrogen-bond acceptors (Lipinski definition) is 8. The molecule has 4 amide bonds. The van der Waals surface area contributed by atoms with Crippen molar-refractivity contribution in [1.82, 2.24) is 19.6 Å². The highest BCUT2D eigenvalue weighted by Gasteiger charge is 2.41. The number of halogens is 2. The van der Waals surface area contributed by atoms with Crippen molar-refractivity contribution in [3.05, 3.63) is 75.3 Å². The van der Waals surface area contributed by atoms with Gasteiger partial charge in [-0.1, -0.05) is 11.8 Å². The predicted octanol–water partition coefficient (Wildman–Crippen LogP) is 2.60. The predicted molar refractivity (Wildman–Crippen MR) is 166 cm³/mol. The zero-order valence-electron chi connectivity index (χ0n) is 24.1. The first-order valence-corrected chi connectivity index (χ1v) is 13.1. The van der Waals surface area contributed by atoms with E-state index in [9.17, 15) is 29.4 Å². The Bertz CT molecular complexity index is 1710. The molecule has 0 spiro atoms. The van der Waals surface area contributed by atoms with Gasteiger partial charge in [-0.15, -0.1) is 24.8 Å². The van der Waals surface area contributed by atoms with Gasteiger partial charge in [-0.3, -0.25) is 29.0 Å². The summed E-state index contributed by atoms with van der Waals surface area (Å²) in [5.41, 5.74) is 1.86. The Balaban J connectivity index is 0.00000253. The monoisotopic (exact) mass is 626 g/mol.